The summed E-state index contributed by atoms with van der Waals surface area (Å²) in [5.74, 6) is -0.407. The molecule has 0 bridgehead atoms. The van der Waals surface area contributed by atoms with Gasteiger partial charge >= 0.3 is 11.9 Å². The Labute approximate surface area is 115 Å². The average molecular weight is 270 g/mol. The van der Waals surface area contributed by atoms with E-state index in [4.69, 9.17) is 9.47 Å². The third kappa shape index (κ3) is 5.62. The summed E-state index contributed by atoms with van der Waals surface area (Å²) in [6.07, 6.45) is 4.78. The maximum Gasteiger partial charge on any atom is 0.344 e. The summed E-state index contributed by atoms with van der Waals surface area (Å²) in [6, 6.07) is 0. The van der Waals surface area contributed by atoms with Crippen LogP contribution in [-0.4, -0.2) is 24.6 Å². The van der Waals surface area contributed by atoms with Gasteiger partial charge in [0.05, 0.1) is 0 Å². The number of esters is 2. The topological polar surface area (TPSA) is 52.6 Å². The zero-order valence-corrected chi connectivity index (χ0v) is 12.5. The van der Waals surface area contributed by atoms with Gasteiger partial charge in [0.2, 0.25) is 0 Å². The Kier molecular flexibility index (Phi) is 5.83. The van der Waals surface area contributed by atoms with E-state index >= 15 is 0 Å². The van der Waals surface area contributed by atoms with E-state index in [2.05, 4.69) is 13.8 Å². The van der Waals surface area contributed by atoms with Crippen LogP contribution in [0.4, 0.5) is 0 Å². The highest BCUT2D eigenvalue weighted by atomic mass is 16.6. The molecule has 0 aromatic heterocycles. The molecule has 2 unspecified atom stereocenters. The molecule has 0 amide bonds. The van der Waals surface area contributed by atoms with Gasteiger partial charge in [-0.1, -0.05) is 27.2 Å². The van der Waals surface area contributed by atoms with Gasteiger partial charge in [0.15, 0.2) is 6.61 Å². The first kappa shape index (κ1) is 16.0. The quantitative estimate of drug-likeness (QED) is 0.720. The van der Waals surface area contributed by atoms with Crippen LogP contribution in [0.25, 0.3) is 0 Å². The van der Waals surface area contributed by atoms with E-state index in [1.807, 2.05) is 6.92 Å². The van der Waals surface area contributed by atoms with Gasteiger partial charge in [0, 0.05) is 6.42 Å². The predicted octanol–water partition coefficient (Wildman–Crippen LogP) is 3.09. The first-order valence-corrected chi connectivity index (χ1v) is 7.19. The van der Waals surface area contributed by atoms with E-state index in [0.29, 0.717) is 11.3 Å². The summed E-state index contributed by atoms with van der Waals surface area (Å²) in [5, 5.41) is 0. The van der Waals surface area contributed by atoms with Crippen molar-refractivity contribution in [2.75, 3.05) is 6.61 Å². The maximum atomic E-state index is 11.6. The molecule has 0 spiro atoms. The van der Waals surface area contributed by atoms with E-state index < -0.39 is 5.97 Å². The monoisotopic (exact) mass is 270 g/mol. The average Bonchev–Trinajstić information content (AvgIpc) is 2.34. The second-order valence-corrected chi connectivity index (χ2v) is 6.23. The van der Waals surface area contributed by atoms with Crippen molar-refractivity contribution >= 4 is 11.9 Å². The summed E-state index contributed by atoms with van der Waals surface area (Å²) < 4.78 is 10.1. The molecule has 110 valence electrons. The smallest absolute Gasteiger partial charge is 0.344 e. The van der Waals surface area contributed by atoms with Gasteiger partial charge in [-0.15, -0.1) is 0 Å². The minimum absolute atomic E-state index is 0.104. The molecule has 4 heteroatoms. The van der Waals surface area contributed by atoms with Crippen LogP contribution in [-0.2, 0) is 19.1 Å². The van der Waals surface area contributed by atoms with E-state index in [1.165, 1.54) is 12.8 Å². The molecule has 1 rings (SSSR count). The lowest BCUT2D eigenvalue weighted by atomic mass is 9.71. The van der Waals surface area contributed by atoms with Crippen LogP contribution in [0.5, 0.6) is 0 Å². The van der Waals surface area contributed by atoms with E-state index in [-0.39, 0.29) is 25.1 Å². The molecule has 1 aliphatic carbocycles. The van der Waals surface area contributed by atoms with Crippen LogP contribution in [0.1, 0.15) is 59.8 Å². The zero-order valence-electron chi connectivity index (χ0n) is 12.5. The van der Waals surface area contributed by atoms with Crippen molar-refractivity contribution in [3.63, 3.8) is 0 Å². The second-order valence-electron chi connectivity index (χ2n) is 6.23. The molecule has 0 saturated heterocycles. The molecule has 1 fully saturated rings. The van der Waals surface area contributed by atoms with Crippen molar-refractivity contribution in [3.05, 3.63) is 0 Å². The number of ether oxygens (including phenoxy) is 2. The fraction of sp³-hybridized carbons (Fsp3) is 0.867. The molecule has 0 aliphatic heterocycles. The lowest BCUT2D eigenvalue weighted by Crippen LogP contribution is -2.33. The highest BCUT2D eigenvalue weighted by Crippen LogP contribution is 2.40. The minimum Gasteiger partial charge on any atom is -0.460 e. The first-order chi connectivity index (χ1) is 8.84. The molecule has 2 atom stereocenters. The molecule has 19 heavy (non-hydrogen) atoms. The van der Waals surface area contributed by atoms with Crippen molar-refractivity contribution < 1.29 is 19.1 Å². The molecule has 0 aromatic carbocycles. The molecular weight excluding hydrogens is 244 g/mol. The van der Waals surface area contributed by atoms with Gasteiger partial charge in [-0.2, -0.15) is 0 Å². The van der Waals surface area contributed by atoms with Crippen molar-refractivity contribution in [2.24, 2.45) is 11.3 Å². The standard InChI is InChI=1S/C15H26O4/c1-5-13(16)18-10-14(17)19-11(2)12-7-6-8-15(3,4)9-12/h11-12H,5-10H2,1-4H3. The van der Waals surface area contributed by atoms with Gasteiger partial charge in [0.1, 0.15) is 6.10 Å². The Hall–Kier alpha value is -1.06. The van der Waals surface area contributed by atoms with Gasteiger partial charge in [-0.05, 0) is 37.5 Å². The Balaban J connectivity index is 2.35. The van der Waals surface area contributed by atoms with E-state index in [9.17, 15) is 9.59 Å². The SMILES string of the molecule is CCC(=O)OCC(=O)OC(C)C1CCCC(C)(C)C1. The summed E-state index contributed by atoms with van der Waals surface area (Å²) >= 11 is 0. The summed E-state index contributed by atoms with van der Waals surface area (Å²) in [4.78, 5) is 22.5. The van der Waals surface area contributed by atoms with E-state index in [0.717, 1.165) is 12.8 Å². The largest absolute Gasteiger partial charge is 0.460 e. The normalized spacial score (nSPS) is 23.5. The van der Waals surface area contributed by atoms with Crippen LogP contribution < -0.4 is 0 Å². The van der Waals surface area contributed by atoms with Gasteiger partial charge in [0.25, 0.3) is 0 Å². The molecular formula is C15H26O4. The van der Waals surface area contributed by atoms with Crippen LogP contribution >= 0.6 is 0 Å². The Bertz CT molecular complexity index is 322. The molecule has 1 saturated carbocycles. The number of hydrogen-bond acceptors (Lipinski definition) is 4. The minimum atomic E-state index is -0.447. The van der Waals surface area contributed by atoms with Crippen LogP contribution in [0.3, 0.4) is 0 Å². The van der Waals surface area contributed by atoms with Crippen molar-refractivity contribution in [2.45, 2.75) is 65.9 Å². The second kappa shape index (κ2) is 6.92. The fourth-order valence-corrected chi connectivity index (χ4v) is 2.74. The van der Waals surface area contributed by atoms with E-state index in [1.54, 1.807) is 6.92 Å². The van der Waals surface area contributed by atoms with Crippen molar-refractivity contribution in [1.29, 1.82) is 0 Å². The molecule has 0 aromatic rings. The molecule has 0 heterocycles. The molecule has 4 nitrogen and oxygen atoms in total. The van der Waals surface area contributed by atoms with Gasteiger partial charge in [-0.25, -0.2) is 4.79 Å². The Morgan fingerprint density at radius 1 is 1.32 bits per heavy atom. The highest BCUT2D eigenvalue weighted by Gasteiger charge is 2.32. The van der Waals surface area contributed by atoms with Crippen molar-refractivity contribution in [3.8, 4) is 0 Å². The lowest BCUT2D eigenvalue weighted by molar-refractivity contribution is -0.164. The van der Waals surface area contributed by atoms with Crippen LogP contribution in [0, 0.1) is 11.3 Å². The first-order valence-electron chi connectivity index (χ1n) is 7.19. The van der Waals surface area contributed by atoms with Crippen molar-refractivity contribution in [1.82, 2.24) is 0 Å². The Morgan fingerprint density at radius 2 is 2.00 bits per heavy atom. The molecule has 1 aliphatic rings. The number of carbonyl (C=O) groups excluding carboxylic acids is 2. The zero-order chi connectivity index (χ0) is 14.5. The fourth-order valence-electron chi connectivity index (χ4n) is 2.74. The molecule has 0 radical (unpaired) electrons. The summed E-state index contributed by atoms with van der Waals surface area (Å²) in [6.45, 7) is 7.88. The molecule has 0 N–H and O–H groups in total. The predicted molar refractivity (Wildman–Crippen MR) is 72.5 cm³/mol. The highest BCUT2D eigenvalue weighted by molar-refractivity contribution is 5.76. The third-order valence-electron chi connectivity index (χ3n) is 3.86. The number of hydrogen-bond donors (Lipinski definition) is 0. The summed E-state index contributed by atoms with van der Waals surface area (Å²) in [5.41, 5.74) is 0.332. The van der Waals surface area contributed by atoms with Crippen LogP contribution in [0.2, 0.25) is 0 Å². The lowest BCUT2D eigenvalue weighted by Gasteiger charge is -2.37. The number of rotatable bonds is 5. The maximum absolute atomic E-state index is 11.6. The summed E-state index contributed by atoms with van der Waals surface area (Å²) in [7, 11) is 0. The number of carbonyl (C=O) groups is 2. The third-order valence-corrected chi connectivity index (χ3v) is 3.86. The van der Waals surface area contributed by atoms with Gasteiger partial charge < -0.3 is 9.47 Å². The van der Waals surface area contributed by atoms with Crippen LogP contribution in [0.15, 0.2) is 0 Å². The van der Waals surface area contributed by atoms with Gasteiger partial charge in [-0.3, -0.25) is 4.79 Å². The Morgan fingerprint density at radius 3 is 2.58 bits per heavy atom.